The largest absolute Gasteiger partial charge is 0.458 e. The first-order valence-corrected chi connectivity index (χ1v) is 17.1. The number of pyridine rings is 2. The van der Waals surface area contributed by atoms with Crippen LogP contribution in [0.4, 0.5) is 9.18 Å². The molecule has 9 rings (SSSR count). The van der Waals surface area contributed by atoms with Crippen LogP contribution in [0.2, 0.25) is 0 Å². The molecule has 3 aromatic carbocycles. The maximum absolute atomic E-state index is 15.5. The van der Waals surface area contributed by atoms with Crippen LogP contribution >= 0.6 is 0 Å². The Labute approximate surface area is 286 Å². The lowest BCUT2D eigenvalue weighted by Crippen LogP contribution is -2.44. The van der Waals surface area contributed by atoms with E-state index < -0.39 is 23.8 Å². The van der Waals surface area contributed by atoms with E-state index in [1.165, 1.54) is 6.07 Å². The lowest BCUT2D eigenvalue weighted by molar-refractivity contribution is -0.172. The fraction of sp³-hybridized carbons (Fsp3) is 0.300. The molecule has 2 aromatic heterocycles. The normalized spacial score (nSPS) is 20.4. The van der Waals surface area contributed by atoms with Gasteiger partial charge in [-0.15, -0.1) is 0 Å². The quantitative estimate of drug-likeness (QED) is 0.208. The Morgan fingerprint density at radius 3 is 2.48 bits per heavy atom. The highest BCUT2D eigenvalue weighted by molar-refractivity contribution is 5.93. The summed E-state index contributed by atoms with van der Waals surface area (Å²) in [6, 6.07) is 19.6. The van der Waals surface area contributed by atoms with Crippen LogP contribution in [0, 0.1) is 12.7 Å². The minimum atomic E-state index is -1.98. The Balaban J connectivity index is 1.25. The number of fused-ring (bicyclic) bond motifs is 8. The molecule has 5 aromatic rings. The van der Waals surface area contributed by atoms with Crippen molar-refractivity contribution >= 4 is 23.0 Å². The molecule has 2 aliphatic carbocycles. The van der Waals surface area contributed by atoms with Gasteiger partial charge in [0.2, 0.25) is 0 Å². The van der Waals surface area contributed by atoms with Crippen LogP contribution < -0.4 is 11.3 Å². The molecule has 1 amide bonds. The average molecular weight is 672 g/mol. The van der Waals surface area contributed by atoms with E-state index in [1.54, 1.807) is 24.5 Å². The van der Waals surface area contributed by atoms with Crippen LogP contribution in [-0.2, 0) is 39.4 Å². The minimum Gasteiger partial charge on any atom is -0.458 e. The predicted octanol–water partition coefficient (Wildman–Crippen LogP) is 6.22. The molecule has 0 radical (unpaired) electrons. The Morgan fingerprint density at radius 1 is 1.10 bits per heavy atom. The first kappa shape index (κ1) is 30.7. The summed E-state index contributed by atoms with van der Waals surface area (Å²) in [5.41, 5.74) is 12.8. The molecule has 2 aliphatic heterocycles. The fourth-order valence-corrected chi connectivity index (χ4v) is 9.15. The number of nitrogens with zero attached hydrogens (tertiary/aromatic N) is 2. The van der Waals surface area contributed by atoms with Crippen molar-refractivity contribution in [2.24, 2.45) is 5.73 Å². The fourth-order valence-electron chi connectivity index (χ4n) is 9.15. The summed E-state index contributed by atoms with van der Waals surface area (Å²) in [5, 5.41) is 12.2. The summed E-state index contributed by atoms with van der Waals surface area (Å²) in [5.74, 6) is -1.60. The zero-order valence-corrected chi connectivity index (χ0v) is 27.6. The van der Waals surface area contributed by atoms with Crippen LogP contribution in [0.15, 0.2) is 65.5 Å². The number of esters is 1. The number of aromatic nitrogens is 2. The van der Waals surface area contributed by atoms with Crippen molar-refractivity contribution in [1.82, 2.24) is 9.55 Å². The summed E-state index contributed by atoms with van der Waals surface area (Å²) in [7, 11) is 0. The number of amides is 1. The van der Waals surface area contributed by atoms with E-state index in [0.717, 1.165) is 44.3 Å². The molecule has 9 nitrogen and oxygen atoms in total. The number of aliphatic hydroxyl groups is 1. The number of rotatable bonds is 5. The van der Waals surface area contributed by atoms with Crippen molar-refractivity contribution in [1.29, 1.82) is 0 Å². The van der Waals surface area contributed by atoms with Crippen molar-refractivity contribution in [3.05, 3.63) is 121 Å². The van der Waals surface area contributed by atoms with Gasteiger partial charge in [0.25, 0.3) is 5.56 Å². The Hall–Kier alpha value is -5.35. The van der Waals surface area contributed by atoms with E-state index in [1.807, 2.05) is 24.3 Å². The molecule has 0 saturated heterocycles. The number of carbonyl (C=O) groups excluding carboxylic acids is 2. The maximum atomic E-state index is 15.5. The number of halogens is 1. The van der Waals surface area contributed by atoms with Crippen LogP contribution in [0.3, 0.4) is 0 Å². The molecule has 3 atom stereocenters. The van der Waals surface area contributed by atoms with E-state index in [2.05, 4.69) is 24.3 Å². The van der Waals surface area contributed by atoms with Gasteiger partial charge in [0.15, 0.2) is 5.60 Å². The third-order valence-electron chi connectivity index (χ3n) is 11.6. The predicted molar refractivity (Wildman–Crippen MR) is 183 cm³/mol. The first-order chi connectivity index (χ1) is 24.1. The van der Waals surface area contributed by atoms with E-state index in [9.17, 15) is 19.5 Å². The molecule has 3 N–H and O–H groups in total. The summed E-state index contributed by atoms with van der Waals surface area (Å²) >= 11 is 0. The second kappa shape index (κ2) is 10.8. The molecule has 50 heavy (non-hydrogen) atoms. The van der Waals surface area contributed by atoms with Crippen LogP contribution in [-0.4, -0.2) is 32.8 Å². The maximum Gasteiger partial charge on any atom is 0.404 e. The Morgan fingerprint density at radius 2 is 1.80 bits per heavy atom. The Bertz CT molecular complexity index is 2360. The second-order valence-corrected chi connectivity index (χ2v) is 13.9. The molecule has 2 unspecified atom stereocenters. The second-order valence-electron chi connectivity index (χ2n) is 13.9. The van der Waals surface area contributed by atoms with Gasteiger partial charge in [0.1, 0.15) is 18.5 Å². The van der Waals surface area contributed by atoms with Crippen LogP contribution in [0.1, 0.15) is 82.5 Å². The highest BCUT2D eigenvalue weighted by Gasteiger charge is 2.46. The van der Waals surface area contributed by atoms with E-state index in [0.29, 0.717) is 41.7 Å². The highest BCUT2D eigenvalue weighted by atomic mass is 19.1. The number of benzene rings is 3. The molecule has 0 fully saturated rings. The van der Waals surface area contributed by atoms with Gasteiger partial charge in [0.05, 0.1) is 29.0 Å². The van der Waals surface area contributed by atoms with Gasteiger partial charge in [-0.1, -0.05) is 55.5 Å². The van der Waals surface area contributed by atoms with Gasteiger partial charge in [-0.05, 0) is 77.6 Å². The SMILES string of the molecule is CC[C@@]1(O)C(=O)OCc2c1cc1n(c2=O)Cc2c-1nc1cc(F)c(C)c3c1c2C(C(CC1c2ccccc2-c2ccccc21)OC(N)=O)CC3. The van der Waals surface area contributed by atoms with Crippen molar-refractivity contribution in [2.45, 2.75) is 76.2 Å². The molecule has 252 valence electrons. The van der Waals surface area contributed by atoms with Gasteiger partial charge in [-0.3, -0.25) is 4.79 Å². The lowest BCUT2D eigenvalue weighted by atomic mass is 9.73. The number of carbonyl (C=O) groups is 2. The van der Waals surface area contributed by atoms with Crippen molar-refractivity contribution < 1.29 is 28.6 Å². The molecule has 0 saturated carbocycles. The third kappa shape index (κ3) is 4.14. The van der Waals surface area contributed by atoms with E-state index in [-0.39, 0.29) is 53.9 Å². The lowest BCUT2D eigenvalue weighted by Gasteiger charge is -2.35. The average Bonchev–Trinajstić information content (AvgIpc) is 3.64. The number of hydrogen-bond acceptors (Lipinski definition) is 7. The number of ether oxygens (including phenoxy) is 2. The summed E-state index contributed by atoms with van der Waals surface area (Å²) in [6.07, 6.45) is 0.0264. The van der Waals surface area contributed by atoms with E-state index >= 15 is 4.39 Å². The molecule has 0 bridgehead atoms. The number of primary amides is 1. The highest BCUT2D eigenvalue weighted by Crippen LogP contribution is 2.52. The third-order valence-corrected chi connectivity index (χ3v) is 11.6. The molecular weight excluding hydrogens is 637 g/mol. The minimum absolute atomic E-state index is 0.0144. The van der Waals surface area contributed by atoms with Crippen LogP contribution in [0.25, 0.3) is 33.4 Å². The number of cyclic esters (lactones) is 1. The van der Waals surface area contributed by atoms with Gasteiger partial charge < -0.3 is 24.9 Å². The number of nitrogens with two attached hydrogens (primary N) is 1. The Kier molecular flexibility index (Phi) is 6.64. The summed E-state index contributed by atoms with van der Waals surface area (Å²) < 4.78 is 28.4. The van der Waals surface area contributed by atoms with Crippen molar-refractivity contribution in [2.75, 3.05) is 0 Å². The molecule has 0 spiro atoms. The van der Waals surface area contributed by atoms with Gasteiger partial charge in [-0.25, -0.2) is 19.0 Å². The zero-order chi connectivity index (χ0) is 34.6. The molecular formula is C40H34FN3O6. The summed E-state index contributed by atoms with van der Waals surface area (Å²) in [4.78, 5) is 44.5. The number of hydrogen-bond donors (Lipinski definition) is 2. The van der Waals surface area contributed by atoms with Gasteiger partial charge in [0, 0.05) is 34.4 Å². The molecule has 4 heterocycles. The van der Waals surface area contributed by atoms with Crippen molar-refractivity contribution in [3.8, 4) is 22.5 Å². The van der Waals surface area contributed by atoms with Crippen molar-refractivity contribution in [3.63, 3.8) is 0 Å². The topological polar surface area (TPSA) is 134 Å². The summed E-state index contributed by atoms with van der Waals surface area (Å²) in [6.45, 7) is 3.34. The molecule has 4 aliphatic rings. The number of aryl methyl sites for hydroxylation is 1. The monoisotopic (exact) mass is 671 g/mol. The van der Waals surface area contributed by atoms with Gasteiger partial charge >= 0.3 is 12.1 Å². The standard InChI is InChI=1S/C40H34FN3O6/c1-3-40(48)29-15-32-36-27(17-44(32)37(45)28(29)18-49-38(40)46)34-25(13-12-20-19(2)30(41)16-31(43-36)35(20)34)33(50-39(42)47)14-26-23-10-6-4-8-21(23)22-9-5-7-11-24(22)26/h4-11,15-16,25-26,33,48H,3,12-14,17-18H2,1-2H3,(H2,42,47)/t25?,33?,40-/m0/s1. The smallest absolute Gasteiger partial charge is 0.404 e. The zero-order valence-electron chi connectivity index (χ0n) is 27.6. The first-order valence-electron chi connectivity index (χ1n) is 17.1. The van der Waals surface area contributed by atoms with E-state index in [4.69, 9.17) is 20.2 Å². The van der Waals surface area contributed by atoms with Gasteiger partial charge in [-0.2, -0.15) is 0 Å². The molecule has 10 heteroatoms. The van der Waals surface area contributed by atoms with Crippen LogP contribution in [0.5, 0.6) is 0 Å².